The number of hydrogen-bond donors (Lipinski definition) is 0. The minimum atomic E-state index is 0.0144. The Balaban J connectivity index is 0.842. The van der Waals surface area contributed by atoms with Crippen molar-refractivity contribution in [3.8, 4) is 22.7 Å². The molecule has 18 aromatic rings. The zero-order valence-electron chi connectivity index (χ0n) is 58.3. The second kappa shape index (κ2) is 20.5. The summed E-state index contributed by atoms with van der Waals surface area (Å²) in [7, 11) is 0. The molecule has 1 aliphatic carbocycles. The van der Waals surface area contributed by atoms with E-state index in [1.54, 1.807) is 0 Å². The molecule has 6 heteroatoms. The Kier molecular flexibility index (Phi) is 12.3. The summed E-state index contributed by atoms with van der Waals surface area (Å²) in [4.78, 5) is 0. The Morgan fingerprint density at radius 3 is 0.612 bits per heavy atom. The standard InChI is InChI=1S/C92H82N6/c1-89(2,3)55-29-37-79-67(47-55)63-21-13-17-25-75(63)93(79)59-33-41-83-71(51-59)72-52-60(94-76-26-18-14-22-64(76)68-48-56(90(4,5)6)30-38-80(68)94)34-42-84(72)97(83)87-45-46-88(87)98-85-43-35-61(95-77-27-19-15-23-65(77)69-49-57(91(7,8)9)31-39-81(69)95)53-73(85)74-54-62(36-44-86(74)98)96-78-28-20-16-24-66(78)70-50-58(92(10,11)12)32-40-82(70)96/h13-44,47-54,87-88H,45-46H2,1-12H3/t87-,88-/m1/s1. The SMILES string of the molecule is CC(C)(C)c1ccc2c(c1)c1ccccc1n2-c1ccc2c(c1)c1cc(-n3c4ccccc4c4cc(C(C)(C)C)ccc43)ccc1n2[C@@H]1CC[C@H]1n1c2ccc(-n3c4ccccc4c4cc(C(C)(C)C)ccc43)cc2c2cc(-n3c4ccccc4c4cc(C(C)(C)C)ccc43)ccc21. The monoisotopic (exact) mass is 1270 g/mol. The van der Waals surface area contributed by atoms with Gasteiger partial charge in [0.2, 0.25) is 0 Å². The van der Waals surface area contributed by atoms with Crippen LogP contribution in [-0.2, 0) is 21.7 Å². The van der Waals surface area contributed by atoms with Crippen LogP contribution >= 0.6 is 0 Å². The van der Waals surface area contributed by atoms with Crippen molar-refractivity contribution in [3.63, 3.8) is 0 Å². The van der Waals surface area contributed by atoms with E-state index in [1.165, 1.54) is 153 Å². The predicted molar refractivity (Wildman–Crippen MR) is 418 cm³/mol. The molecule has 6 heterocycles. The van der Waals surface area contributed by atoms with Crippen LogP contribution in [0.4, 0.5) is 0 Å². The van der Waals surface area contributed by atoms with Crippen LogP contribution in [0.15, 0.2) is 243 Å². The molecule has 0 N–H and O–H groups in total. The lowest BCUT2D eigenvalue weighted by molar-refractivity contribution is 0.205. The third kappa shape index (κ3) is 8.58. The van der Waals surface area contributed by atoms with Crippen LogP contribution in [0.1, 0.15) is 130 Å². The largest absolute Gasteiger partial charge is 0.335 e. The summed E-state index contributed by atoms with van der Waals surface area (Å²) >= 11 is 0. The van der Waals surface area contributed by atoms with Crippen molar-refractivity contribution < 1.29 is 0 Å². The van der Waals surface area contributed by atoms with Gasteiger partial charge in [-0.2, -0.15) is 0 Å². The summed E-state index contributed by atoms with van der Waals surface area (Å²) in [6, 6.07) is 94.3. The second-order valence-electron chi connectivity index (χ2n) is 32.6. The topological polar surface area (TPSA) is 29.6 Å². The summed E-state index contributed by atoms with van der Waals surface area (Å²) in [6.07, 6.45) is 2.10. The van der Waals surface area contributed by atoms with Crippen molar-refractivity contribution >= 4 is 131 Å². The lowest BCUT2D eigenvalue weighted by atomic mass is 9.85. The molecule has 0 saturated heterocycles. The molecular weight excluding hydrogens is 1190 g/mol. The van der Waals surface area contributed by atoms with E-state index >= 15 is 0 Å². The molecule has 12 aromatic carbocycles. The first-order valence-corrected chi connectivity index (χ1v) is 35.5. The van der Waals surface area contributed by atoms with E-state index in [1.807, 2.05) is 0 Å². The number of para-hydroxylation sites is 4. The normalized spacial score (nSPS) is 15.3. The maximum absolute atomic E-state index is 2.75. The minimum absolute atomic E-state index is 0.0144. The summed E-state index contributed by atoms with van der Waals surface area (Å²) in [5, 5.41) is 15.3. The van der Waals surface area contributed by atoms with Crippen molar-refractivity contribution in [3.05, 3.63) is 265 Å². The van der Waals surface area contributed by atoms with Crippen molar-refractivity contribution in [2.45, 2.75) is 130 Å². The third-order valence-corrected chi connectivity index (χ3v) is 22.6. The van der Waals surface area contributed by atoms with E-state index in [-0.39, 0.29) is 33.7 Å². The van der Waals surface area contributed by atoms with Crippen LogP contribution in [-0.4, -0.2) is 27.4 Å². The highest BCUT2D eigenvalue weighted by Gasteiger charge is 2.38. The fourth-order valence-electron chi connectivity index (χ4n) is 17.3. The van der Waals surface area contributed by atoms with Gasteiger partial charge >= 0.3 is 0 Å². The van der Waals surface area contributed by atoms with E-state index in [0.717, 1.165) is 35.6 Å². The van der Waals surface area contributed by atoms with E-state index < -0.39 is 0 Å². The van der Waals surface area contributed by atoms with Gasteiger partial charge in [0.1, 0.15) is 0 Å². The highest BCUT2D eigenvalue weighted by atomic mass is 15.1. The van der Waals surface area contributed by atoms with Gasteiger partial charge in [0.15, 0.2) is 0 Å². The van der Waals surface area contributed by atoms with Crippen molar-refractivity contribution in [2.24, 2.45) is 0 Å². The Morgan fingerprint density at radius 2 is 0.398 bits per heavy atom. The molecule has 2 atom stereocenters. The average Bonchev–Trinajstić information content (AvgIpc) is 1.55. The number of nitrogens with zero attached hydrogens (tertiary/aromatic N) is 6. The fraction of sp³-hybridized carbons (Fsp3) is 0.217. The summed E-state index contributed by atoms with van der Waals surface area (Å²) in [6.45, 7) is 27.8. The van der Waals surface area contributed by atoms with Crippen LogP contribution in [0.3, 0.4) is 0 Å². The third-order valence-electron chi connectivity index (χ3n) is 22.6. The van der Waals surface area contributed by atoms with E-state index in [2.05, 4.69) is 353 Å². The van der Waals surface area contributed by atoms with E-state index in [9.17, 15) is 0 Å². The first-order valence-electron chi connectivity index (χ1n) is 35.5. The highest BCUT2D eigenvalue weighted by molar-refractivity contribution is 6.16. The number of benzene rings is 12. The maximum atomic E-state index is 2.75. The summed E-state index contributed by atoms with van der Waals surface area (Å²) < 4.78 is 15.6. The molecule has 1 aliphatic rings. The smallest absolute Gasteiger partial charge is 0.0551 e. The van der Waals surface area contributed by atoms with Crippen molar-refractivity contribution in [2.75, 3.05) is 0 Å². The molecule has 0 radical (unpaired) electrons. The van der Waals surface area contributed by atoms with Crippen LogP contribution in [0.25, 0.3) is 154 Å². The quantitative estimate of drug-likeness (QED) is 0.159. The predicted octanol–water partition coefficient (Wildman–Crippen LogP) is 25.1. The van der Waals surface area contributed by atoms with Crippen molar-refractivity contribution in [1.29, 1.82) is 0 Å². The van der Waals surface area contributed by atoms with Gasteiger partial charge in [-0.1, -0.05) is 180 Å². The number of fused-ring (bicyclic) bond motifs is 18. The minimum Gasteiger partial charge on any atom is -0.335 e. The average molecular weight is 1270 g/mol. The molecule has 0 unspecified atom stereocenters. The van der Waals surface area contributed by atoms with Crippen LogP contribution < -0.4 is 0 Å². The first kappa shape index (κ1) is 58.8. The van der Waals surface area contributed by atoms with Crippen LogP contribution in [0.2, 0.25) is 0 Å². The van der Waals surface area contributed by atoms with Gasteiger partial charge in [0, 0.05) is 109 Å². The molecule has 1 fully saturated rings. The van der Waals surface area contributed by atoms with Crippen LogP contribution in [0.5, 0.6) is 0 Å². The lowest BCUT2D eigenvalue weighted by Gasteiger charge is -2.40. The second-order valence-corrected chi connectivity index (χ2v) is 32.6. The Bertz CT molecular complexity index is 5660. The molecule has 1 saturated carbocycles. The summed E-state index contributed by atoms with van der Waals surface area (Å²) in [5.74, 6) is 0. The van der Waals surface area contributed by atoms with Gasteiger partial charge in [-0.15, -0.1) is 0 Å². The van der Waals surface area contributed by atoms with Gasteiger partial charge in [-0.25, -0.2) is 0 Å². The Morgan fingerprint density at radius 1 is 0.204 bits per heavy atom. The van der Waals surface area contributed by atoms with E-state index in [0.29, 0.717) is 0 Å². The number of rotatable bonds is 6. The van der Waals surface area contributed by atoms with Gasteiger partial charge < -0.3 is 27.4 Å². The molecule has 0 spiro atoms. The van der Waals surface area contributed by atoms with Crippen molar-refractivity contribution in [1.82, 2.24) is 27.4 Å². The molecule has 0 bridgehead atoms. The Hall–Kier alpha value is -10.6. The Labute approximate surface area is 572 Å². The number of hydrogen-bond acceptors (Lipinski definition) is 0. The van der Waals surface area contributed by atoms with Gasteiger partial charge in [0.25, 0.3) is 0 Å². The molecular formula is C92H82N6. The van der Waals surface area contributed by atoms with Crippen LogP contribution in [0, 0.1) is 0 Å². The zero-order valence-corrected chi connectivity index (χ0v) is 58.3. The van der Waals surface area contributed by atoms with Gasteiger partial charge in [-0.05, 0) is 202 Å². The van der Waals surface area contributed by atoms with E-state index in [4.69, 9.17) is 0 Å². The molecule has 0 aliphatic heterocycles. The lowest BCUT2D eigenvalue weighted by Crippen LogP contribution is -2.31. The maximum Gasteiger partial charge on any atom is 0.0551 e. The van der Waals surface area contributed by atoms with Gasteiger partial charge in [0.05, 0.1) is 56.2 Å². The zero-order chi connectivity index (χ0) is 66.8. The highest BCUT2D eigenvalue weighted by Crippen LogP contribution is 2.52. The molecule has 19 rings (SSSR count). The van der Waals surface area contributed by atoms with Gasteiger partial charge in [-0.3, -0.25) is 0 Å². The first-order chi connectivity index (χ1) is 47.1. The molecule has 6 nitrogen and oxygen atoms in total. The molecule has 98 heavy (non-hydrogen) atoms. The molecule has 480 valence electrons. The fourth-order valence-corrected chi connectivity index (χ4v) is 17.3. The summed E-state index contributed by atoms with van der Waals surface area (Å²) in [5.41, 5.74) is 24.9. The molecule has 6 aromatic heterocycles. The number of aromatic nitrogens is 6. The molecule has 0 amide bonds.